The maximum absolute atomic E-state index is 5.25. The molecule has 1 nitrogen and oxygen atoms in total. The average molecular weight is 396 g/mol. The second-order valence-electron chi connectivity index (χ2n) is 3.16. The smallest absolute Gasteiger partial charge is 0.183 e. The summed E-state index contributed by atoms with van der Waals surface area (Å²) in [6.45, 7) is 4.17. The van der Waals surface area contributed by atoms with Gasteiger partial charge in [0.1, 0.15) is 0 Å². The molecule has 0 heterocycles. The highest BCUT2D eigenvalue weighted by atomic mass is 79.9. The fraction of sp³-hybridized carbons (Fsp3) is 0.250. The lowest BCUT2D eigenvalue weighted by Crippen LogP contribution is -2.01. The summed E-state index contributed by atoms with van der Waals surface area (Å²) in [6, 6.07) is 6.21. The zero-order chi connectivity index (χ0) is 12.7. The van der Waals surface area contributed by atoms with E-state index >= 15 is 0 Å². The van der Waals surface area contributed by atoms with E-state index in [2.05, 4.69) is 50.6 Å². The molecular formula is C12H12Br2OS2. The summed E-state index contributed by atoms with van der Waals surface area (Å²) in [5.41, 5.74) is 1.28. The van der Waals surface area contributed by atoms with Crippen molar-refractivity contribution < 1.29 is 4.74 Å². The van der Waals surface area contributed by atoms with Gasteiger partial charge in [-0.15, -0.1) is 0 Å². The molecule has 0 spiro atoms. The lowest BCUT2D eigenvalue weighted by Gasteiger charge is -2.06. The summed E-state index contributed by atoms with van der Waals surface area (Å²) >= 11 is 13.7. The molecule has 0 aromatic heterocycles. The van der Waals surface area contributed by atoms with Gasteiger partial charge in [0.05, 0.1) is 6.61 Å². The number of thiocarbonyl (C=S) groups is 1. The van der Waals surface area contributed by atoms with Gasteiger partial charge in [0.25, 0.3) is 0 Å². The molecule has 0 N–H and O–H groups in total. The Morgan fingerprint density at radius 2 is 2.24 bits per heavy atom. The summed E-state index contributed by atoms with van der Waals surface area (Å²) in [5, 5.41) is 0.468. The van der Waals surface area contributed by atoms with E-state index in [0.717, 1.165) is 20.5 Å². The predicted octanol–water partition coefficient (Wildman–Crippen LogP) is 4.97. The van der Waals surface area contributed by atoms with Crippen LogP contribution in [0.25, 0.3) is 0 Å². The second-order valence-corrected chi connectivity index (χ2v) is 6.44. The molecule has 0 saturated heterocycles. The van der Waals surface area contributed by atoms with Crippen molar-refractivity contribution in [2.45, 2.75) is 5.75 Å². The first-order valence-electron chi connectivity index (χ1n) is 4.94. The Balaban J connectivity index is 2.26. The number of ether oxygens (including phenoxy) is 1. The third kappa shape index (κ3) is 6.04. The van der Waals surface area contributed by atoms with Gasteiger partial charge in [-0.2, -0.15) is 11.8 Å². The van der Waals surface area contributed by atoms with Crippen LogP contribution in [0.5, 0.6) is 0 Å². The van der Waals surface area contributed by atoms with E-state index in [1.165, 1.54) is 5.56 Å². The van der Waals surface area contributed by atoms with Gasteiger partial charge in [-0.1, -0.05) is 44.5 Å². The quantitative estimate of drug-likeness (QED) is 0.382. The molecule has 0 atom stereocenters. The summed E-state index contributed by atoms with van der Waals surface area (Å²) in [6.07, 6.45) is 1.55. The van der Waals surface area contributed by atoms with Crippen LogP contribution in [0.4, 0.5) is 0 Å². The predicted molar refractivity (Wildman–Crippen MR) is 86.8 cm³/mol. The Hall–Kier alpha value is 0.160. The molecule has 17 heavy (non-hydrogen) atoms. The molecule has 5 heteroatoms. The Labute approximate surface area is 128 Å². The number of benzene rings is 1. The normalized spacial score (nSPS) is 10.0. The van der Waals surface area contributed by atoms with Gasteiger partial charge in [-0.25, -0.2) is 0 Å². The molecule has 1 rings (SSSR count). The van der Waals surface area contributed by atoms with Crippen LogP contribution in [-0.4, -0.2) is 17.4 Å². The van der Waals surface area contributed by atoms with Gasteiger partial charge >= 0.3 is 0 Å². The molecule has 0 unspecified atom stereocenters. The summed E-state index contributed by atoms with van der Waals surface area (Å²) < 4.78 is 7.46. The van der Waals surface area contributed by atoms with Gasteiger partial charge in [0.2, 0.25) is 0 Å². The van der Waals surface area contributed by atoms with Gasteiger partial charge in [0.15, 0.2) is 5.05 Å². The van der Waals surface area contributed by atoms with E-state index in [0.29, 0.717) is 11.7 Å². The van der Waals surface area contributed by atoms with Crippen LogP contribution >= 0.6 is 55.8 Å². The number of thioether (sulfide) groups is 1. The van der Waals surface area contributed by atoms with E-state index < -0.39 is 0 Å². The fourth-order valence-electron chi connectivity index (χ4n) is 1.08. The lowest BCUT2D eigenvalue weighted by molar-refractivity contribution is 0.343. The van der Waals surface area contributed by atoms with Gasteiger partial charge in [0, 0.05) is 20.5 Å². The first-order valence-corrected chi connectivity index (χ1v) is 8.09. The molecule has 0 radical (unpaired) electrons. The standard InChI is InChI=1S/C12H12Br2OS2/c1-2-12(16)15-5-6-17-8-9-3-4-10(13)7-11(9)14/h2-4,7H,1,5-6,8H2. The second kappa shape index (κ2) is 8.29. The highest BCUT2D eigenvalue weighted by molar-refractivity contribution is 9.11. The van der Waals surface area contributed by atoms with Crippen LogP contribution < -0.4 is 0 Å². The van der Waals surface area contributed by atoms with E-state index in [-0.39, 0.29) is 0 Å². The molecule has 0 amide bonds. The first-order chi connectivity index (χ1) is 8.13. The third-order valence-corrected chi connectivity index (χ3v) is 4.40. The van der Waals surface area contributed by atoms with Crippen molar-refractivity contribution >= 4 is 60.9 Å². The Morgan fingerprint density at radius 3 is 2.88 bits per heavy atom. The van der Waals surface area contributed by atoms with Crippen molar-refractivity contribution in [1.29, 1.82) is 0 Å². The fourth-order valence-corrected chi connectivity index (χ4v) is 3.35. The summed E-state index contributed by atoms with van der Waals surface area (Å²) in [5.74, 6) is 1.87. The SMILES string of the molecule is C=CC(=S)OCCSCc1ccc(Br)cc1Br. The molecule has 0 aliphatic rings. The van der Waals surface area contributed by atoms with Crippen LogP contribution in [0.3, 0.4) is 0 Å². The molecule has 1 aromatic rings. The van der Waals surface area contributed by atoms with Crippen molar-refractivity contribution in [3.05, 3.63) is 45.4 Å². The van der Waals surface area contributed by atoms with Gasteiger partial charge < -0.3 is 4.74 Å². The average Bonchev–Trinajstić information content (AvgIpc) is 2.30. The topological polar surface area (TPSA) is 9.23 Å². The lowest BCUT2D eigenvalue weighted by atomic mass is 10.2. The highest BCUT2D eigenvalue weighted by Crippen LogP contribution is 2.25. The third-order valence-electron chi connectivity index (χ3n) is 1.91. The molecule has 92 valence electrons. The maximum Gasteiger partial charge on any atom is 0.183 e. The molecule has 0 bridgehead atoms. The molecule has 0 aliphatic carbocycles. The zero-order valence-electron chi connectivity index (χ0n) is 9.12. The number of halogens is 2. The van der Waals surface area contributed by atoms with Crippen LogP contribution in [0, 0.1) is 0 Å². The number of hydrogen-bond acceptors (Lipinski definition) is 3. The Morgan fingerprint density at radius 1 is 1.47 bits per heavy atom. The largest absolute Gasteiger partial charge is 0.482 e. The van der Waals surface area contributed by atoms with E-state index in [1.54, 1.807) is 6.08 Å². The van der Waals surface area contributed by atoms with Crippen molar-refractivity contribution in [2.24, 2.45) is 0 Å². The van der Waals surface area contributed by atoms with E-state index in [9.17, 15) is 0 Å². The Bertz CT molecular complexity index is 407. The van der Waals surface area contributed by atoms with Gasteiger partial charge in [-0.05, 0) is 36.0 Å². The number of rotatable bonds is 6. The minimum Gasteiger partial charge on any atom is -0.482 e. The number of hydrogen-bond donors (Lipinski definition) is 0. The van der Waals surface area contributed by atoms with Crippen LogP contribution in [0.15, 0.2) is 39.8 Å². The van der Waals surface area contributed by atoms with Crippen LogP contribution in [0.1, 0.15) is 5.56 Å². The van der Waals surface area contributed by atoms with Crippen molar-refractivity contribution in [3.63, 3.8) is 0 Å². The molecule has 0 saturated carbocycles. The summed E-state index contributed by atoms with van der Waals surface area (Å²) in [4.78, 5) is 0. The van der Waals surface area contributed by atoms with Crippen LogP contribution in [0.2, 0.25) is 0 Å². The van der Waals surface area contributed by atoms with Gasteiger partial charge in [-0.3, -0.25) is 0 Å². The van der Waals surface area contributed by atoms with Crippen molar-refractivity contribution in [1.82, 2.24) is 0 Å². The summed E-state index contributed by atoms with van der Waals surface area (Å²) in [7, 11) is 0. The van der Waals surface area contributed by atoms with E-state index in [4.69, 9.17) is 17.0 Å². The Kier molecular flexibility index (Phi) is 7.43. The van der Waals surface area contributed by atoms with Crippen molar-refractivity contribution in [2.75, 3.05) is 12.4 Å². The molecule has 0 aliphatic heterocycles. The van der Waals surface area contributed by atoms with Crippen molar-refractivity contribution in [3.8, 4) is 0 Å². The van der Waals surface area contributed by atoms with E-state index in [1.807, 2.05) is 17.8 Å². The minimum atomic E-state index is 0.468. The van der Waals surface area contributed by atoms with Crippen LogP contribution in [-0.2, 0) is 10.5 Å². The maximum atomic E-state index is 5.25. The molecular weight excluding hydrogens is 384 g/mol. The molecule has 1 aromatic carbocycles. The first kappa shape index (κ1) is 15.2. The molecule has 0 fully saturated rings. The highest BCUT2D eigenvalue weighted by Gasteiger charge is 2.01. The zero-order valence-corrected chi connectivity index (χ0v) is 13.9. The monoisotopic (exact) mass is 394 g/mol. The minimum absolute atomic E-state index is 0.468.